The van der Waals surface area contributed by atoms with Crippen molar-refractivity contribution in [3.63, 3.8) is 0 Å². The number of hydrogen-bond acceptors (Lipinski definition) is 4. The van der Waals surface area contributed by atoms with Crippen LogP contribution in [0.5, 0.6) is 0 Å². The minimum Gasteiger partial charge on any atom is -0.481 e. The number of carboxylic acid groups (broad SMARTS) is 1. The second kappa shape index (κ2) is 5.90. The fraction of sp³-hybridized carbons (Fsp3) is 0.833. The van der Waals surface area contributed by atoms with Crippen LogP contribution in [0.4, 0.5) is 0 Å². The molecule has 1 saturated carbocycles. The van der Waals surface area contributed by atoms with Crippen LogP contribution in [0.1, 0.15) is 32.6 Å². The smallest absolute Gasteiger partial charge is 0.311 e. The Labute approximate surface area is 113 Å². The molecule has 7 heteroatoms. The number of carbonyl (C=O) groups is 2. The van der Waals surface area contributed by atoms with E-state index in [-0.39, 0.29) is 6.54 Å². The Kier molecular flexibility index (Phi) is 4.95. The molecule has 0 atom stereocenters. The first-order chi connectivity index (χ1) is 8.65. The fourth-order valence-electron chi connectivity index (χ4n) is 2.34. The molecule has 0 aliphatic heterocycles. The van der Waals surface area contributed by atoms with E-state index in [4.69, 9.17) is 0 Å². The van der Waals surface area contributed by atoms with E-state index in [1.807, 2.05) is 0 Å². The van der Waals surface area contributed by atoms with Gasteiger partial charge in [0.15, 0.2) is 9.84 Å². The molecule has 19 heavy (non-hydrogen) atoms. The predicted octanol–water partition coefficient (Wildman–Crippen LogP) is 0.428. The molecule has 1 aliphatic carbocycles. The molecule has 0 heterocycles. The van der Waals surface area contributed by atoms with Crippen LogP contribution in [0.25, 0.3) is 0 Å². The topological polar surface area (TPSA) is 101 Å². The van der Waals surface area contributed by atoms with Gasteiger partial charge in [-0.05, 0) is 31.6 Å². The van der Waals surface area contributed by atoms with Crippen LogP contribution in [0.3, 0.4) is 0 Å². The summed E-state index contributed by atoms with van der Waals surface area (Å²) in [6.45, 7) is 2.08. The van der Waals surface area contributed by atoms with Crippen LogP contribution in [-0.2, 0) is 19.4 Å². The Morgan fingerprint density at radius 1 is 1.32 bits per heavy atom. The van der Waals surface area contributed by atoms with Crippen molar-refractivity contribution in [3.05, 3.63) is 0 Å². The van der Waals surface area contributed by atoms with Gasteiger partial charge in [-0.1, -0.05) is 6.92 Å². The molecule has 0 aromatic carbocycles. The molecule has 0 unspecified atom stereocenters. The van der Waals surface area contributed by atoms with Crippen LogP contribution in [0, 0.1) is 11.3 Å². The zero-order valence-electron chi connectivity index (χ0n) is 11.3. The third-order valence-corrected chi connectivity index (χ3v) is 4.49. The highest BCUT2D eigenvalue weighted by Gasteiger charge is 2.41. The zero-order valence-corrected chi connectivity index (χ0v) is 12.1. The second-order valence-electron chi connectivity index (χ2n) is 5.61. The van der Waals surface area contributed by atoms with E-state index in [0.717, 1.165) is 19.1 Å². The number of amides is 1. The number of nitrogens with one attached hydrogen (secondary N) is 1. The summed E-state index contributed by atoms with van der Waals surface area (Å²) in [4.78, 5) is 22.9. The van der Waals surface area contributed by atoms with E-state index in [1.165, 1.54) is 0 Å². The first-order valence-electron chi connectivity index (χ1n) is 6.32. The maximum atomic E-state index is 11.4. The molecular formula is C12H21NO5S. The summed E-state index contributed by atoms with van der Waals surface area (Å²) < 4.78 is 21.9. The SMILES string of the molecule is CC1CCC(CNC(=O)CS(C)(=O)=O)(C(=O)O)CC1. The monoisotopic (exact) mass is 291 g/mol. The first-order valence-corrected chi connectivity index (χ1v) is 8.38. The van der Waals surface area contributed by atoms with Crippen molar-refractivity contribution in [2.24, 2.45) is 11.3 Å². The van der Waals surface area contributed by atoms with Gasteiger partial charge in [0.1, 0.15) is 5.75 Å². The largest absolute Gasteiger partial charge is 0.481 e. The van der Waals surface area contributed by atoms with Gasteiger partial charge in [0.05, 0.1) is 5.41 Å². The molecular weight excluding hydrogens is 270 g/mol. The van der Waals surface area contributed by atoms with Crippen LogP contribution in [0.15, 0.2) is 0 Å². The lowest BCUT2D eigenvalue weighted by Crippen LogP contribution is -2.46. The molecule has 0 saturated heterocycles. The molecule has 0 radical (unpaired) electrons. The van der Waals surface area contributed by atoms with Crippen LogP contribution in [-0.4, -0.2) is 44.0 Å². The van der Waals surface area contributed by atoms with Crippen molar-refractivity contribution in [2.45, 2.75) is 32.6 Å². The average Bonchev–Trinajstić information content (AvgIpc) is 2.26. The third kappa shape index (κ3) is 4.81. The maximum Gasteiger partial charge on any atom is 0.311 e. The van der Waals surface area contributed by atoms with Crippen molar-refractivity contribution in [3.8, 4) is 0 Å². The van der Waals surface area contributed by atoms with Gasteiger partial charge in [-0.15, -0.1) is 0 Å². The Bertz CT molecular complexity index is 449. The van der Waals surface area contributed by atoms with Gasteiger partial charge in [0.25, 0.3) is 0 Å². The summed E-state index contributed by atoms with van der Waals surface area (Å²) in [5.41, 5.74) is -0.945. The van der Waals surface area contributed by atoms with Gasteiger partial charge in [-0.2, -0.15) is 0 Å². The number of sulfone groups is 1. The Morgan fingerprint density at radius 2 is 1.84 bits per heavy atom. The maximum absolute atomic E-state index is 11.4. The molecule has 0 aromatic rings. The summed E-state index contributed by atoms with van der Waals surface area (Å²) in [7, 11) is -3.38. The van der Waals surface area contributed by atoms with Crippen molar-refractivity contribution >= 4 is 21.7 Å². The molecule has 0 aromatic heterocycles. The summed E-state index contributed by atoms with van der Waals surface area (Å²) in [6, 6.07) is 0. The Morgan fingerprint density at radius 3 is 2.26 bits per heavy atom. The van der Waals surface area contributed by atoms with E-state index < -0.39 is 32.9 Å². The molecule has 6 nitrogen and oxygen atoms in total. The highest BCUT2D eigenvalue weighted by atomic mass is 32.2. The lowest BCUT2D eigenvalue weighted by molar-refractivity contribution is -0.151. The zero-order chi connectivity index (χ0) is 14.7. The number of hydrogen-bond donors (Lipinski definition) is 2. The van der Waals surface area contributed by atoms with Crippen LogP contribution >= 0.6 is 0 Å². The molecule has 2 N–H and O–H groups in total. The molecule has 0 spiro atoms. The lowest BCUT2D eigenvalue weighted by Gasteiger charge is -2.35. The first kappa shape index (κ1) is 15.9. The van der Waals surface area contributed by atoms with E-state index in [0.29, 0.717) is 18.8 Å². The van der Waals surface area contributed by atoms with Gasteiger partial charge >= 0.3 is 5.97 Å². The molecule has 1 rings (SSSR count). The van der Waals surface area contributed by atoms with Crippen molar-refractivity contribution < 1.29 is 23.1 Å². The van der Waals surface area contributed by atoms with Gasteiger partial charge in [0.2, 0.25) is 5.91 Å². The standard InChI is InChI=1S/C12H21NO5S/c1-9-3-5-12(6-4-9,11(15)16)8-13-10(14)7-19(2,17)18/h9H,3-8H2,1-2H3,(H,13,14)(H,15,16). The molecule has 1 amide bonds. The van der Waals surface area contributed by atoms with Crippen molar-refractivity contribution in [2.75, 3.05) is 18.6 Å². The number of aliphatic carboxylic acids is 1. The molecule has 1 fully saturated rings. The highest BCUT2D eigenvalue weighted by molar-refractivity contribution is 7.91. The minimum absolute atomic E-state index is 0.00338. The number of carboxylic acids is 1. The number of rotatable bonds is 5. The molecule has 110 valence electrons. The van der Waals surface area contributed by atoms with Gasteiger partial charge in [-0.25, -0.2) is 8.42 Å². The lowest BCUT2D eigenvalue weighted by atomic mass is 9.71. The Balaban J connectivity index is 2.61. The van der Waals surface area contributed by atoms with E-state index in [1.54, 1.807) is 0 Å². The normalized spacial score (nSPS) is 27.8. The summed E-state index contributed by atoms with van der Waals surface area (Å²) >= 11 is 0. The van der Waals surface area contributed by atoms with Crippen LogP contribution in [0.2, 0.25) is 0 Å². The van der Waals surface area contributed by atoms with Crippen molar-refractivity contribution in [1.29, 1.82) is 0 Å². The number of carbonyl (C=O) groups excluding carboxylic acids is 1. The molecule has 0 bridgehead atoms. The van der Waals surface area contributed by atoms with Gasteiger partial charge in [-0.3, -0.25) is 9.59 Å². The third-order valence-electron chi connectivity index (χ3n) is 3.70. The minimum atomic E-state index is -3.38. The van der Waals surface area contributed by atoms with Crippen LogP contribution < -0.4 is 5.32 Å². The second-order valence-corrected chi connectivity index (χ2v) is 7.76. The van der Waals surface area contributed by atoms with E-state index in [9.17, 15) is 23.1 Å². The van der Waals surface area contributed by atoms with E-state index >= 15 is 0 Å². The van der Waals surface area contributed by atoms with E-state index in [2.05, 4.69) is 12.2 Å². The predicted molar refractivity (Wildman–Crippen MR) is 70.4 cm³/mol. The molecule has 1 aliphatic rings. The quantitative estimate of drug-likeness (QED) is 0.765. The van der Waals surface area contributed by atoms with Gasteiger partial charge < -0.3 is 10.4 Å². The Hall–Kier alpha value is -1.11. The highest BCUT2D eigenvalue weighted by Crippen LogP contribution is 2.38. The summed E-state index contributed by atoms with van der Waals surface area (Å²) in [5.74, 6) is -1.65. The summed E-state index contributed by atoms with van der Waals surface area (Å²) in [6.07, 6.45) is 3.63. The average molecular weight is 291 g/mol. The summed E-state index contributed by atoms with van der Waals surface area (Å²) in [5, 5.41) is 11.8. The van der Waals surface area contributed by atoms with Gasteiger partial charge in [0, 0.05) is 12.8 Å². The van der Waals surface area contributed by atoms with Crippen molar-refractivity contribution in [1.82, 2.24) is 5.32 Å². The fourth-order valence-corrected chi connectivity index (χ4v) is 2.92.